The number of amides is 1. The molecule has 0 saturated carbocycles. The third-order valence-electron chi connectivity index (χ3n) is 5.03. The first-order chi connectivity index (χ1) is 12.8. The van der Waals surface area contributed by atoms with Crippen LogP contribution < -0.4 is 4.18 Å². The summed E-state index contributed by atoms with van der Waals surface area (Å²) in [6.07, 6.45) is -3.75. The zero-order chi connectivity index (χ0) is 20.9. The Balaban J connectivity index is 1.78. The summed E-state index contributed by atoms with van der Waals surface area (Å²) in [4.78, 5) is 12.5. The molecule has 28 heavy (non-hydrogen) atoms. The molecule has 1 amide bonds. The largest absolute Gasteiger partial charge is 0.534 e. The molecule has 1 aromatic rings. The maximum Gasteiger partial charge on any atom is 0.534 e. The van der Waals surface area contributed by atoms with Gasteiger partial charge in [-0.2, -0.15) is 34.8 Å². The number of fused-ring (bicyclic) bond motifs is 2. The molecule has 2 aliphatic heterocycles. The van der Waals surface area contributed by atoms with E-state index in [0.29, 0.717) is 18.4 Å². The molecule has 0 spiro atoms. The van der Waals surface area contributed by atoms with Gasteiger partial charge in [-0.1, -0.05) is 12.1 Å². The summed E-state index contributed by atoms with van der Waals surface area (Å²) in [6, 6.07) is 3.78. The predicted octanol–water partition coefficient (Wildman–Crippen LogP) is 3.71. The van der Waals surface area contributed by atoms with Gasteiger partial charge in [-0.3, -0.25) is 4.79 Å². The van der Waals surface area contributed by atoms with E-state index in [1.807, 2.05) is 0 Å². The van der Waals surface area contributed by atoms with Crippen molar-refractivity contribution in [2.75, 3.05) is 0 Å². The summed E-state index contributed by atoms with van der Waals surface area (Å²) in [6.45, 7) is 0. The molecule has 3 rings (SSSR count). The van der Waals surface area contributed by atoms with Gasteiger partial charge in [-0.25, -0.2) is 0 Å². The minimum absolute atomic E-state index is 0.202. The molecule has 2 saturated heterocycles. The number of rotatable bonds is 3. The molecule has 2 bridgehead atoms. The molecule has 5 nitrogen and oxygen atoms in total. The number of benzene rings is 1. The Hall–Kier alpha value is -1.98. The summed E-state index contributed by atoms with van der Waals surface area (Å²) < 4.78 is 102. The highest BCUT2D eigenvalue weighted by atomic mass is 32.2. The molecular weight excluding hydrogens is 416 g/mol. The second-order valence-electron chi connectivity index (χ2n) is 6.82. The Kier molecular flexibility index (Phi) is 5.05. The lowest BCUT2D eigenvalue weighted by Gasteiger charge is -2.39. The summed E-state index contributed by atoms with van der Waals surface area (Å²) in [5.74, 6) is -2.74. The van der Waals surface area contributed by atoms with Crippen LogP contribution in [-0.2, 0) is 14.9 Å². The first-order valence-corrected chi connectivity index (χ1v) is 9.70. The van der Waals surface area contributed by atoms with Gasteiger partial charge >= 0.3 is 27.7 Å². The van der Waals surface area contributed by atoms with E-state index in [2.05, 4.69) is 4.18 Å². The second-order valence-corrected chi connectivity index (χ2v) is 8.36. The van der Waals surface area contributed by atoms with E-state index < -0.39 is 45.5 Å². The molecule has 2 aliphatic rings. The average Bonchev–Trinajstić information content (AvgIpc) is 2.81. The molecule has 3 atom stereocenters. The summed E-state index contributed by atoms with van der Waals surface area (Å²) in [5, 5.41) is 0. The zero-order valence-electron chi connectivity index (χ0n) is 14.1. The van der Waals surface area contributed by atoms with Crippen molar-refractivity contribution in [2.24, 2.45) is 0 Å². The normalized spacial score (nSPS) is 25.6. The van der Waals surface area contributed by atoms with E-state index in [1.54, 1.807) is 6.07 Å². The SMILES string of the molecule is O=C(N1[C@@H]2CC[C@H]1C[C@@H](c1cccc(OS(=O)(=O)C(F)(F)F)c1)C2)C(F)(F)F. The molecule has 156 valence electrons. The fraction of sp³-hybridized carbons (Fsp3) is 0.562. The third-order valence-corrected chi connectivity index (χ3v) is 6.01. The summed E-state index contributed by atoms with van der Waals surface area (Å²) >= 11 is 0. The summed E-state index contributed by atoms with van der Waals surface area (Å²) in [7, 11) is -5.82. The van der Waals surface area contributed by atoms with Crippen LogP contribution in [0.3, 0.4) is 0 Å². The Morgan fingerprint density at radius 2 is 1.61 bits per heavy atom. The van der Waals surface area contributed by atoms with Crippen LogP contribution in [-0.4, -0.2) is 43.0 Å². The first kappa shape index (κ1) is 20.7. The van der Waals surface area contributed by atoms with Crippen LogP contribution in [0.2, 0.25) is 0 Å². The van der Waals surface area contributed by atoms with Gasteiger partial charge in [-0.15, -0.1) is 0 Å². The highest BCUT2D eigenvalue weighted by Gasteiger charge is 2.52. The van der Waals surface area contributed by atoms with Crippen molar-refractivity contribution in [2.45, 2.75) is 55.4 Å². The van der Waals surface area contributed by atoms with E-state index >= 15 is 0 Å². The van der Waals surface area contributed by atoms with Crippen molar-refractivity contribution in [3.8, 4) is 5.75 Å². The number of hydrogen-bond donors (Lipinski definition) is 0. The van der Waals surface area contributed by atoms with Crippen molar-refractivity contribution < 1.29 is 43.7 Å². The van der Waals surface area contributed by atoms with Crippen LogP contribution in [0.15, 0.2) is 24.3 Å². The van der Waals surface area contributed by atoms with Crippen LogP contribution in [0.25, 0.3) is 0 Å². The number of carbonyl (C=O) groups is 1. The number of nitrogens with zero attached hydrogens (tertiary/aromatic N) is 1. The first-order valence-electron chi connectivity index (χ1n) is 8.30. The fourth-order valence-corrected chi connectivity index (χ4v) is 4.37. The van der Waals surface area contributed by atoms with Crippen LogP contribution >= 0.6 is 0 Å². The molecule has 0 radical (unpaired) electrons. The molecular formula is C16H15F6NO4S. The van der Waals surface area contributed by atoms with Gasteiger partial charge in [0.1, 0.15) is 5.75 Å². The number of hydrogen-bond acceptors (Lipinski definition) is 4. The van der Waals surface area contributed by atoms with E-state index in [4.69, 9.17) is 0 Å². The fourth-order valence-electron chi connectivity index (χ4n) is 3.92. The number of piperidine rings is 1. The quantitative estimate of drug-likeness (QED) is 0.416. The Labute approximate surface area is 156 Å². The Bertz CT molecular complexity index is 853. The number of alkyl halides is 6. The van der Waals surface area contributed by atoms with Gasteiger partial charge in [0, 0.05) is 12.1 Å². The molecule has 0 N–H and O–H groups in total. The van der Waals surface area contributed by atoms with Crippen LogP contribution in [0, 0.1) is 0 Å². The van der Waals surface area contributed by atoms with E-state index in [0.717, 1.165) is 17.0 Å². The highest BCUT2D eigenvalue weighted by Crippen LogP contribution is 2.45. The van der Waals surface area contributed by atoms with Gasteiger partial charge in [-0.05, 0) is 49.3 Å². The Morgan fingerprint density at radius 1 is 1.04 bits per heavy atom. The predicted molar refractivity (Wildman–Crippen MR) is 83.7 cm³/mol. The molecule has 0 aliphatic carbocycles. The maximum absolute atomic E-state index is 12.8. The highest BCUT2D eigenvalue weighted by molar-refractivity contribution is 7.88. The third kappa shape index (κ3) is 3.91. The second kappa shape index (κ2) is 6.82. The number of carbonyl (C=O) groups excluding carboxylic acids is 1. The minimum atomic E-state index is -5.82. The maximum atomic E-state index is 12.8. The van der Waals surface area contributed by atoms with Crippen LogP contribution in [0.1, 0.15) is 37.2 Å². The monoisotopic (exact) mass is 431 g/mol. The van der Waals surface area contributed by atoms with Crippen LogP contribution in [0.5, 0.6) is 5.75 Å². The lowest BCUT2D eigenvalue weighted by atomic mass is 9.85. The molecule has 0 aromatic heterocycles. The number of halogens is 6. The van der Waals surface area contributed by atoms with Crippen molar-refractivity contribution in [3.63, 3.8) is 0 Å². The van der Waals surface area contributed by atoms with Crippen molar-refractivity contribution in [3.05, 3.63) is 29.8 Å². The lowest BCUT2D eigenvalue weighted by Crippen LogP contribution is -2.51. The lowest BCUT2D eigenvalue weighted by molar-refractivity contribution is -0.190. The topological polar surface area (TPSA) is 63.7 Å². The van der Waals surface area contributed by atoms with E-state index in [9.17, 15) is 39.6 Å². The summed E-state index contributed by atoms with van der Waals surface area (Å²) in [5.41, 5.74) is -5.13. The van der Waals surface area contributed by atoms with Gasteiger partial charge in [0.05, 0.1) is 0 Å². The van der Waals surface area contributed by atoms with E-state index in [1.165, 1.54) is 6.07 Å². The molecule has 2 heterocycles. The van der Waals surface area contributed by atoms with Crippen LogP contribution in [0.4, 0.5) is 26.3 Å². The van der Waals surface area contributed by atoms with Gasteiger partial charge in [0.25, 0.3) is 0 Å². The Morgan fingerprint density at radius 3 is 2.11 bits per heavy atom. The molecule has 2 fully saturated rings. The zero-order valence-corrected chi connectivity index (χ0v) is 14.9. The van der Waals surface area contributed by atoms with Crippen molar-refractivity contribution in [1.29, 1.82) is 0 Å². The van der Waals surface area contributed by atoms with E-state index in [-0.39, 0.29) is 18.8 Å². The smallest absolute Gasteiger partial charge is 0.376 e. The van der Waals surface area contributed by atoms with Gasteiger partial charge in [0.15, 0.2) is 0 Å². The molecule has 0 unspecified atom stereocenters. The average molecular weight is 431 g/mol. The van der Waals surface area contributed by atoms with Crippen molar-refractivity contribution in [1.82, 2.24) is 4.90 Å². The van der Waals surface area contributed by atoms with Crippen molar-refractivity contribution >= 4 is 16.0 Å². The molecule has 12 heteroatoms. The molecule has 1 aromatic carbocycles. The van der Waals surface area contributed by atoms with Gasteiger partial charge in [0.2, 0.25) is 0 Å². The minimum Gasteiger partial charge on any atom is -0.376 e. The van der Waals surface area contributed by atoms with Gasteiger partial charge < -0.3 is 9.08 Å². The standard InChI is InChI=1S/C16H15F6NO4S/c17-15(18,19)14(24)23-11-4-5-12(23)7-10(6-11)9-2-1-3-13(8-9)27-28(25,26)16(20,21)22/h1-3,8,10-12H,4-7H2/t10-,11+,12-.